The number of benzene rings is 1. The van der Waals surface area contributed by atoms with Gasteiger partial charge in [0.1, 0.15) is 11.7 Å². The van der Waals surface area contributed by atoms with E-state index in [-0.39, 0.29) is 24.9 Å². The van der Waals surface area contributed by atoms with Crippen molar-refractivity contribution in [3.05, 3.63) is 35.1 Å². The molecule has 2 unspecified atom stereocenters. The summed E-state index contributed by atoms with van der Waals surface area (Å²) in [6, 6.07) is 3.58. The van der Waals surface area contributed by atoms with E-state index in [1.165, 1.54) is 30.1 Å². The van der Waals surface area contributed by atoms with Crippen LogP contribution in [0.3, 0.4) is 0 Å². The van der Waals surface area contributed by atoms with Crippen LogP contribution in [0.2, 0.25) is 0 Å². The van der Waals surface area contributed by atoms with Gasteiger partial charge in [-0.15, -0.1) is 0 Å². The van der Waals surface area contributed by atoms with Crippen LogP contribution < -0.4 is 0 Å². The largest absolute Gasteiger partial charge is 0.481 e. The Labute approximate surface area is 116 Å². The number of aliphatic carboxylic acids is 1. The second-order valence-electron chi connectivity index (χ2n) is 4.93. The first kappa shape index (κ1) is 14.5. The Kier molecular flexibility index (Phi) is 4.04. The first-order valence-electron chi connectivity index (χ1n) is 6.25. The molecule has 20 heavy (non-hydrogen) atoms. The van der Waals surface area contributed by atoms with Crippen LogP contribution >= 0.6 is 0 Å². The molecule has 1 amide bonds. The molecule has 0 spiro atoms. The van der Waals surface area contributed by atoms with E-state index < -0.39 is 17.9 Å². The lowest BCUT2D eigenvalue weighted by molar-refractivity contribution is -0.142. The average molecular weight is 281 g/mol. The summed E-state index contributed by atoms with van der Waals surface area (Å²) in [6.45, 7) is 1.87. The number of nitrogens with zero attached hydrogens (tertiary/aromatic N) is 1. The summed E-state index contributed by atoms with van der Waals surface area (Å²) < 4.78 is 18.4. The number of hydrogen-bond donors (Lipinski definition) is 1. The molecule has 1 fully saturated rings. The Hall–Kier alpha value is -1.95. The Morgan fingerprint density at radius 3 is 2.70 bits per heavy atom. The van der Waals surface area contributed by atoms with Crippen LogP contribution in [0.4, 0.5) is 4.39 Å². The molecule has 1 aliphatic rings. The summed E-state index contributed by atoms with van der Waals surface area (Å²) in [6.07, 6.45) is 0. The van der Waals surface area contributed by atoms with Gasteiger partial charge in [0.05, 0.1) is 19.3 Å². The maximum absolute atomic E-state index is 13.2. The van der Waals surface area contributed by atoms with Crippen LogP contribution in [0.25, 0.3) is 0 Å². The van der Waals surface area contributed by atoms with Gasteiger partial charge in [-0.3, -0.25) is 9.59 Å². The highest BCUT2D eigenvalue weighted by Crippen LogP contribution is 2.21. The van der Waals surface area contributed by atoms with E-state index in [9.17, 15) is 14.0 Å². The predicted molar refractivity (Wildman–Crippen MR) is 69.0 cm³/mol. The maximum atomic E-state index is 13.2. The summed E-state index contributed by atoms with van der Waals surface area (Å²) in [4.78, 5) is 24.8. The topological polar surface area (TPSA) is 66.8 Å². The fourth-order valence-electron chi connectivity index (χ4n) is 2.29. The number of carbonyl (C=O) groups is 2. The van der Waals surface area contributed by atoms with E-state index in [1.807, 2.05) is 0 Å². The summed E-state index contributed by atoms with van der Waals surface area (Å²) in [5, 5.41) is 9.10. The van der Waals surface area contributed by atoms with Crippen LogP contribution in [0.1, 0.15) is 15.9 Å². The summed E-state index contributed by atoms with van der Waals surface area (Å²) in [7, 11) is 1.54. The second-order valence-corrected chi connectivity index (χ2v) is 4.93. The van der Waals surface area contributed by atoms with Crippen LogP contribution in [0.15, 0.2) is 18.2 Å². The first-order valence-corrected chi connectivity index (χ1v) is 6.25. The van der Waals surface area contributed by atoms with Gasteiger partial charge in [0.15, 0.2) is 0 Å². The molecule has 108 valence electrons. The van der Waals surface area contributed by atoms with Gasteiger partial charge >= 0.3 is 5.97 Å². The quantitative estimate of drug-likeness (QED) is 0.907. The zero-order valence-corrected chi connectivity index (χ0v) is 11.3. The van der Waals surface area contributed by atoms with Crippen LogP contribution in [-0.2, 0) is 9.53 Å². The molecule has 0 radical (unpaired) electrons. The fraction of sp³-hybridized carbons (Fsp3) is 0.429. The summed E-state index contributed by atoms with van der Waals surface area (Å²) in [5.74, 6) is -2.43. The van der Waals surface area contributed by atoms with Crippen molar-refractivity contribution >= 4 is 11.9 Å². The minimum absolute atomic E-state index is 0.0973. The van der Waals surface area contributed by atoms with Gasteiger partial charge in [-0.25, -0.2) is 4.39 Å². The van der Waals surface area contributed by atoms with Gasteiger partial charge < -0.3 is 14.7 Å². The summed E-state index contributed by atoms with van der Waals surface area (Å²) in [5.41, 5.74) is 0.712. The van der Waals surface area contributed by atoms with Crippen molar-refractivity contribution in [3.8, 4) is 0 Å². The normalized spacial score (nSPS) is 21.8. The number of amides is 1. The van der Waals surface area contributed by atoms with Gasteiger partial charge in [-0.05, 0) is 30.7 Å². The van der Waals surface area contributed by atoms with Gasteiger partial charge in [0, 0.05) is 12.6 Å². The van der Waals surface area contributed by atoms with Crippen LogP contribution in [-0.4, -0.2) is 48.2 Å². The van der Waals surface area contributed by atoms with E-state index in [1.54, 1.807) is 6.92 Å². The van der Waals surface area contributed by atoms with E-state index >= 15 is 0 Å². The lowest BCUT2D eigenvalue weighted by Gasteiger charge is -2.26. The number of ether oxygens (including phenoxy) is 1. The van der Waals surface area contributed by atoms with Gasteiger partial charge in [-0.2, -0.15) is 0 Å². The third-order valence-corrected chi connectivity index (χ3v) is 3.59. The Balaban J connectivity index is 2.19. The van der Waals surface area contributed by atoms with Crippen molar-refractivity contribution in [2.75, 3.05) is 20.3 Å². The third-order valence-electron chi connectivity index (χ3n) is 3.59. The zero-order valence-electron chi connectivity index (χ0n) is 11.3. The average Bonchev–Trinajstić information content (AvgIpc) is 2.89. The smallest absolute Gasteiger partial charge is 0.311 e. The van der Waals surface area contributed by atoms with Crippen molar-refractivity contribution in [1.82, 2.24) is 4.90 Å². The van der Waals surface area contributed by atoms with Crippen molar-refractivity contribution in [3.63, 3.8) is 0 Å². The molecule has 2 rings (SSSR count). The molecule has 5 nitrogen and oxygen atoms in total. The van der Waals surface area contributed by atoms with E-state index in [4.69, 9.17) is 9.84 Å². The first-order chi connectivity index (χ1) is 9.41. The van der Waals surface area contributed by atoms with Gasteiger partial charge in [0.2, 0.25) is 0 Å². The molecule has 0 bridgehead atoms. The van der Waals surface area contributed by atoms with Crippen molar-refractivity contribution in [2.24, 2.45) is 5.92 Å². The number of carboxylic acid groups (broad SMARTS) is 1. The predicted octanol–water partition coefficient (Wildman–Crippen LogP) is 1.31. The Bertz CT molecular complexity index is 546. The summed E-state index contributed by atoms with van der Waals surface area (Å²) >= 11 is 0. The number of aryl methyl sites for hydroxylation is 1. The highest BCUT2D eigenvalue weighted by Gasteiger charge is 2.38. The molecule has 0 saturated carbocycles. The number of carboxylic acids is 1. The molecular formula is C14H16FNO4. The third kappa shape index (κ3) is 2.65. The van der Waals surface area contributed by atoms with Crippen molar-refractivity contribution in [1.29, 1.82) is 0 Å². The SMILES string of the molecule is Cc1cc(C(=O)N(C)C2COCC2C(=O)O)ccc1F. The number of hydrogen-bond acceptors (Lipinski definition) is 3. The number of rotatable bonds is 3. The molecule has 1 N–H and O–H groups in total. The molecule has 1 aromatic carbocycles. The fourth-order valence-corrected chi connectivity index (χ4v) is 2.29. The lowest BCUT2D eigenvalue weighted by atomic mass is 10.0. The molecule has 1 aliphatic heterocycles. The van der Waals surface area contributed by atoms with E-state index in [2.05, 4.69) is 0 Å². The number of halogens is 1. The van der Waals surface area contributed by atoms with Gasteiger partial charge in [0.25, 0.3) is 5.91 Å². The molecule has 1 aromatic rings. The number of likely N-dealkylation sites (N-methyl/N-ethyl adjacent to an activating group) is 1. The highest BCUT2D eigenvalue weighted by atomic mass is 19.1. The molecule has 0 aliphatic carbocycles. The Morgan fingerprint density at radius 2 is 2.10 bits per heavy atom. The van der Waals surface area contributed by atoms with Crippen molar-refractivity contribution in [2.45, 2.75) is 13.0 Å². The molecule has 1 saturated heterocycles. The van der Waals surface area contributed by atoms with E-state index in [0.717, 1.165) is 0 Å². The second kappa shape index (κ2) is 5.58. The van der Waals surface area contributed by atoms with Crippen LogP contribution in [0.5, 0.6) is 0 Å². The molecule has 2 atom stereocenters. The molecule has 0 aromatic heterocycles. The van der Waals surface area contributed by atoms with Gasteiger partial charge in [-0.1, -0.05) is 0 Å². The minimum atomic E-state index is -0.984. The molecule has 6 heteroatoms. The standard InChI is InChI=1S/C14H16FNO4/c1-8-5-9(3-4-11(8)15)13(17)16(2)12-7-20-6-10(12)14(18)19/h3-5,10,12H,6-7H2,1-2H3,(H,18,19). The molecule has 1 heterocycles. The minimum Gasteiger partial charge on any atom is -0.481 e. The van der Waals surface area contributed by atoms with E-state index in [0.29, 0.717) is 11.1 Å². The zero-order chi connectivity index (χ0) is 14.9. The molecular weight excluding hydrogens is 265 g/mol. The van der Waals surface area contributed by atoms with Crippen LogP contribution in [0, 0.1) is 18.7 Å². The lowest BCUT2D eigenvalue weighted by Crippen LogP contribution is -2.44. The maximum Gasteiger partial charge on any atom is 0.311 e. The number of carbonyl (C=O) groups excluding carboxylic acids is 1. The Morgan fingerprint density at radius 1 is 1.40 bits per heavy atom. The van der Waals surface area contributed by atoms with Crippen molar-refractivity contribution < 1.29 is 23.8 Å². The highest BCUT2D eigenvalue weighted by molar-refractivity contribution is 5.94. The monoisotopic (exact) mass is 281 g/mol.